The Morgan fingerprint density at radius 2 is 1.85 bits per heavy atom. The zero-order valence-corrected chi connectivity index (χ0v) is 19.8. The highest BCUT2D eigenvalue weighted by atomic mass is 15.2. The van der Waals surface area contributed by atoms with Gasteiger partial charge in [-0.05, 0) is 38.3 Å². The maximum absolute atomic E-state index is 6.37. The Morgan fingerprint density at radius 1 is 1.03 bits per heavy atom. The molecule has 8 heteroatoms. The Kier molecular flexibility index (Phi) is 6.40. The maximum Gasteiger partial charge on any atom is 0.227 e. The van der Waals surface area contributed by atoms with Gasteiger partial charge in [0.05, 0.1) is 12.0 Å². The molecule has 0 saturated heterocycles. The van der Waals surface area contributed by atoms with E-state index in [1.165, 1.54) is 12.8 Å². The van der Waals surface area contributed by atoms with Crippen molar-refractivity contribution < 1.29 is 0 Å². The first-order chi connectivity index (χ1) is 16.6. The zero-order valence-electron chi connectivity index (χ0n) is 19.8. The van der Waals surface area contributed by atoms with Crippen LogP contribution in [0.15, 0.2) is 55.0 Å². The molecule has 176 valence electrons. The fourth-order valence-electron chi connectivity index (χ4n) is 4.48. The van der Waals surface area contributed by atoms with E-state index in [0.717, 1.165) is 40.8 Å². The van der Waals surface area contributed by atoms with E-state index in [-0.39, 0.29) is 18.1 Å². The summed E-state index contributed by atoms with van der Waals surface area (Å²) in [5.41, 5.74) is 11.1. The highest BCUT2D eigenvalue weighted by Gasteiger charge is 2.23. The van der Waals surface area contributed by atoms with E-state index in [0.29, 0.717) is 18.3 Å². The number of aromatic nitrogens is 5. The van der Waals surface area contributed by atoms with E-state index in [1.807, 2.05) is 36.8 Å². The molecule has 8 nitrogen and oxygen atoms in total. The number of benzene rings is 1. The Bertz CT molecular complexity index is 1230. The van der Waals surface area contributed by atoms with Crippen LogP contribution in [-0.4, -0.2) is 36.6 Å². The summed E-state index contributed by atoms with van der Waals surface area (Å²) >= 11 is 0. The van der Waals surface area contributed by atoms with Crippen molar-refractivity contribution in [1.29, 1.82) is 0 Å². The fourth-order valence-corrected chi connectivity index (χ4v) is 4.48. The summed E-state index contributed by atoms with van der Waals surface area (Å²) in [6, 6.07) is 14.9. The standard InChI is InChI=1S/C26H32N8/c1-17(2)34-16-30-23-24(32-26(33-25(23)34)31-22-11-7-6-10-20(22)27)29-15-18-12-13-21(28-14-18)19-8-4-3-5-9-19/h3-5,8-9,12-14,16-17,20,22H,6-7,10-11,15,27H2,1-2H3,(H2,29,31,32,33). The van der Waals surface area contributed by atoms with Crippen LogP contribution < -0.4 is 16.4 Å². The number of nitrogens with one attached hydrogen (secondary N) is 2. The fraction of sp³-hybridized carbons (Fsp3) is 0.385. The number of imidazole rings is 1. The third-order valence-electron chi connectivity index (χ3n) is 6.47. The number of hydrogen-bond acceptors (Lipinski definition) is 7. The lowest BCUT2D eigenvalue weighted by Gasteiger charge is -2.29. The number of nitrogens with two attached hydrogens (primary N) is 1. The maximum atomic E-state index is 6.37. The molecule has 3 aromatic heterocycles. The summed E-state index contributed by atoms with van der Waals surface area (Å²) in [6.45, 7) is 4.84. The van der Waals surface area contributed by atoms with Crippen LogP contribution in [0.3, 0.4) is 0 Å². The first kappa shape index (κ1) is 22.3. The van der Waals surface area contributed by atoms with Gasteiger partial charge < -0.3 is 20.9 Å². The molecule has 5 rings (SSSR count). The molecule has 0 amide bonds. The van der Waals surface area contributed by atoms with Gasteiger partial charge in [0.15, 0.2) is 17.0 Å². The Labute approximate surface area is 200 Å². The predicted octanol–water partition coefficient (Wildman–Crippen LogP) is 4.76. The molecule has 0 bridgehead atoms. The smallest absolute Gasteiger partial charge is 0.227 e. The average molecular weight is 457 g/mol. The number of pyridine rings is 1. The van der Waals surface area contributed by atoms with Crippen LogP contribution in [0, 0.1) is 0 Å². The Morgan fingerprint density at radius 3 is 2.59 bits per heavy atom. The lowest BCUT2D eigenvalue weighted by atomic mass is 9.91. The SMILES string of the molecule is CC(C)n1cnc2c(NCc3ccc(-c4ccccc4)nc3)nc(NC3CCCCC3N)nc21. The van der Waals surface area contributed by atoms with E-state index in [1.54, 1.807) is 0 Å². The van der Waals surface area contributed by atoms with Crippen LogP contribution in [0.5, 0.6) is 0 Å². The number of nitrogens with zero attached hydrogens (tertiary/aromatic N) is 5. The Hall–Kier alpha value is -3.52. The van der Waals surface area contributed by atoms with Crippen LogP contribution in [0.4, 0.5) is 11.8 Å². The molecule has 0 spiro atoms. The summed E-state index contributed by atoms with van der Waals surface area (Å²) in [5, 5.41) is 6.97. The molecular weight excluding hydrogens is 424 g/mol. The summed E-state index contributed by atoms with van der Waals surface area (Å²) in [4.78, 5) is 18.9. The number of rotatable bonds is 7. The minimum atomic E-state index is 0.119. The molecule has 1 aromatic carbocycles. The molecule has 2 unspecified atom stereocenters. The summed E-state index contributed by atoms with van der Waals surface area (Å²) in [6.07, 6.45) is 8.16. The van der Waals surface area contributed by atoms with Crippen molar-refractivity contribution in [3.8, 4) is 11.3 Å². The van der Waals surface area contributed by atoms with Crippen molar-refractivity contribution >= 4 is 22.9 Å². The van der Waals surface area contributed by atoms with E-state index < -0.39 is 0 Å². The molecule has 1 aliphatic rings. The number of anilines is 2. The van der Waals surface area contributed by atoms with Crippen molar-refractivity contribution in [3.05, 3.63) is 60.6 Å². The zero-order chi connectivity index (χ0) is 23.5. The molecule has 0 radical (unpaired) electrons. The normalized spacial score (nSPS) is 18.4. The molecule has 1 aliphatic carbocycles. The minimum Gasteiger partial charge on any atom is -0.364 e. The molecule has 4 aromatic rings. The summed E-state index contributed by atoms with van der Waals surface area (Å²) in [7, 11) is 0. The monoisotopic (exact) mass is 456 g/mol. The third kappa shape index (κ3) is 4.72. The second-order valence-corrected chi connectivity index (χ2v) is 9.28. The van der Waals surface area contributed by atoms with Crippen molar-refractivity contribution in [2.45, 2.75) is 64.2 Å². The van der Waals surface area contributed by atoms with Gasteiger partial charge in [0.2, 0.25) is 5.95 Å². The van der Waals surface area contributed by atoms with Crippen LogP contribution in [0.25, 0.3) is 22.4 Å². The van der Waals surface area contributed by atoms with Gasteiger partial charge in [-0.1, -0.05) is 49.2 Å². The lowest BCUT2D eigenvalue weighted by molar-refractivity contribution is 0.402. The second-order valence-electron chi connectivity index (χ2n) is 9.28. The van der Waals surface area contributed by atoms with Crippen LogP contribution in [0.1, 0.15) is 51.1 Å². The quantitative estimate of drug-likeness (QED) is 0.368. The van der Waals surface area contributed by atoms with Crippen molar-refractivity contribution in [2.24, 2.45) is 5.73 Å². The molecule has 3 heterocycles. The van der Waals surface area contributed by atoms with E-state index in [9.17, 15) is 0 Å². The van der Waals surface area contributed by atoms with Crippen LogP contribution >= 0.6 is 0 Å². The first-order valence-electron chi connectivity index (χ1n) is 12.1. The second kappa shape index (κ2) is 9.77. The third-order valence-corrected chi connectivity index (χ3v) is 6.47. The van der Waals surface area contributed by atoms with Gasteiger partial charge in [0, 0.05) is 36.4 Å². The van der Waals surface area contributed by atoms with E-state index in [2.05, 4.69) is 57.2 Å². The van der Waals surface area contributed by atoms with Gasteiger partial charge in [-0.25, -0.2) is 4.98 Å². The van der Waals surface area contributed by atoms with Gasteiger partial charge in [-0.2, -0.15) is 9.97 Å². The number of fused-ring (bicyclic) bond motifs is 1. The molecular formula is C26H32N8. The predicted molar refractivity (Wildman–Crippen MR) is 137 cm³/mol. The van der Waals surface area contributed by atoms with E-state index in [4.69, 9.17) is 15.7 Å². The summed E-state index contributed by atoms with van der Waals surface area (Å²) in [5.74, 6) is 1.31. The van der Waals surface area contributed by atoms with E-state index >= 15 is 0 Å². The highest BCUT2D eigenvalue weighted by molar-refractivity contribution is 5.84. The van der Waals surface area contributed by atoms with Gasteiger partial charge in [-0.15, -0.1) is 0 Å². The Balaban J connectivity index is 1.39. The molecule has 4 N–H and O–H groups in total. The molecule has 1 fully saturated rings. The molecule has 0 aliphatic heterocycles. The van der Waals surface area contributed by atoms with Crippen molar-refractivity contribution in [2.75, 3.05) is 10.6 Å². The van der Waals surface area contributed by atoms with Gasteiger partial charge in [0.25, 0.3) is 0 Å². The number of hydrogen-bond donors (Lipinski definition) is 3. The lowest BCUT2D eigenvalue weighted by Crippen LogP contribution is -2.43. The van der Waals surface area contributed by atoms with Crippen LogP contribution in [-0.2, 0) is 6.54 Å². The van der Waals surface area contributed by atoms with Crippen LogP contribution in [0.2, 0.25) is 0 Å². The topological polar surface area (TPSA) is 107 Å². The van der Waals surface area contributed by atoms with Gasteiger partial charge in [0.1, 0.15) is 0 Å². The van der Waals surface area contributed by atoms with Crippen molar-refractivity contribution in [1.82, 2.24) is 24.5 Å². The molecule has 2 atom stereocenters. The first-order valence-corrected chi connectivity index (χ1v) is 12.1. The summed E-state index contributed by atoms with van der Waals surface area (Å²) < 4.78 is 2.07. The average Bonchev–Trinajstić information content (AvgIpc) is 3.29. The minimum absolute atomic E-state index is 0.119. The van der Waals surface area contributed by atoms with Gasteiger partial charge >= 0.3 is 0 Å². The van der Waals surface area contributed by atoms with Gasteiger partial charge in [-0.3, -0.25) is 4.98 Å². The largest absolute Gasteiger partial charge is 0.364 e. The molecule has 34 heavy (non-hydrogen) atoms. The highest BCUT2D eigenvalue weighted by Crippen LogP contribution is 2.26. The van der Waals surface area contributed by atoms with Crippen molar-refractivity contribution in [3.63, 3.8) is 0 Å². The molecule has 1 saturated carbocycles.